The first-order valence-corrected chi connectivity index (χ1v) is 8.02. The fourth-order valence-corrected chi connectivity index (χ4v) is 3.09. The predicted octanol–water partition coefficient (Wildman–Crippen LogP) is 0.740. The highest BCUT2D eigenvalue weighted by molar-refractivity contribution is 5.96. The van der Waals surface area contributed by atoms with E-state index in [1.807, 2.05) is 42.2 Å². The van der Waals surface area contributed by atoms with E-state index in [0.29, 0.717) is 18.1 Å². The largest absolute Gasteiger partial charge is 0.357 e. The molecule has 8 heteroatoms. The first-order valence-electron chi connectivity index (χ1n) is 8.02. The number of carbonyl (C=O) groups is 2. The standard InChI is InChI=1S/C16H22N6O2/c1-10(2)20-7-5-6-12(20)16(24)22-9-14-19-18-11(3)21(14)8-13(22)15(23)17-4/h5-7,10,13H,8-9H2,1-4H3,(H,17,23). The van der Waals surface area contributed by atoms with E-state index in [1.54, 1.807) is 18.0 Å². The Kier molecular flexibility index (Phi) is 4.13. The summed E-state index contributed by atoms with van der Waals surface area (Å²) in [4.78, 5) is 27.0. The number of nitrogens with zero attached hydrogens (tertiary/aromatic N) is 5. The van der Waals surface area contributed by atoms with Gasteiger partial charge in [0.2, 0.25) is 5.91 Å². The molecule has 0 radical (unpaired) electrons. The van der Waals surface area contributed by atoms with Crippen LogP contribution in [-0.2, 0) is 17.9 Å². The Morgan fingerprint density at radius 3 is 2.75 bits per heavy atom. The molecule has 8 nitrogen and oxygen atoms in total. The van der Waals surface area contributed by atoms with Crippen LogP contribution >= 0.6 is 0 Å². The topological polar surface area (TPSA) is 85.1 Å². The van der Waals surface area contributed by atoms with Gasteiger partial charge in [0.05, 0.1) is 13.1 Å². The van der Waals surface area contributed by atoms with Gasteiger partial charge in [-0.05, 0) is 32.9 Å². The second-order valence-corrected chi connectivity index (χ2v) is 6.23. The third-order valence-corrected chi connectivity index (χ3v) is 4.42. The highest BCUT2D eigenvalue weighted by atomic mass is 16.2. The quantitative estimate of drug-likeness (QED) is 0.899. The minimum atomic E-state index is -0.583. The number of aryl methyl sites for hydroxylation is 1. The summed E-state index contributed by atoms with van der Waals surface area (Å²) in [5, 5.41) is 10.8. The zero-order chi connectivity index (χ0) is 17.4. The van der Waals surface area contributed by atoms with Gasteiger partial charge in [-0.25, -0.2) is 0 Å². The van der Waals surface area contributed by atoms with Crippen molar-refractivity contribution in [3.8, 4) is 0 Å². The monoisotopic (exact) mass is 330 g/mol. The molecule has 1 aliphatic heterocycles. The lowest BCUT2D eigenvalue weighted by molar-refractivity contribution is -0.126. The third-order valence-electron chi connectivity index (χ3n) is 4.42. The van der Waals surface area contributed by atoms with Gasteiger partial charge in [0.15, 0.2) is 5.82 Å². The predicted molar refractivity (Wildman–Crippen MR) is 87.3 cm³/mol. The number of nitrogens with one attached hydrogen (secondary N) is 1. The molecule has 0 spiro atoms. The molecule has 3 heterocycles. The van der Waals surface area contributed by atoms with E-state index in [0.717, 1.165) is 5.82 Å². The molecule has 0 saturated carbocycles. The van der Waals surface area contributed by atoms with Crippen molar-refractivity contribution in [3.63, 3.8) is 0 Å². The molecule has 0 aliphatic carbocycles. The average Bonchev–Trinajstić information content (AvgIpc) is 3.19. The van der Waals surface area contributed by atoms with Gasteiger partial charge in [0, 0.05) is 19.3 Å². The number of fused-ring (bicyclic) bond motifs is 1. The van der Waals surface area contributed by atoms with Crippen molar-refractivity contribution in [3.05, 3.63) is 35.7 Å². The van der Waals surface area contributed by atoms with Gasteiger partial charge < -0.3 is 19.4 Å². The van der Waals surface area contributed by atoms with E-state index < -0.39 is 6.04 Å². The average molecular weight is 330 g/mol. The SMILES string of the molecule is CNC(=O)C1Cn2c(C)nnc2CN1C(=O)c1cccn1C(C)C. The molecule has 1 N–H and O–H groups in total. The summed E-state index contributed by atoms with van der Waals surface area (Å²) in [6, 6.07) is 3.21. The summed E-state index contributed by atoms with van der Waals surface area (Å²) in [5.74, 6) is 1.08. The number of hydrogen-bond acceptors (Lipinski definition) is 4. The Hall–Kier alpha value is -2.64. The van der Waals surface area contributed by atoms with Crippen molar-refractivity contribution in [2.45, 2.75) is 45.9 Å². The summed E-state index contributed by atoms with van der Waals surface area (Å²) in [6.07, 6.45) is 1.88. The molecule has 0 bridgehead atoms. The van der Waals surface area contributed by atoms with E-state index in [2.05, 4.69) is 15.5 Å². The molecule has 24 heavy (non-hydrogen) atoms. The van der Waals surface area contributed by atoms with Gasteiger partial charge in [0.1, 0.15) is 17.6 Å². The van der Waals surface area contributed by atoms with Gasteiger partial charge in [-0.2, -0.15) is 0 Å². The molecule has 2 aromatic rings. The zero-order valence-electron chi connectivity index (χ0n) is 14.4. The van der Waals surface area contributed by atoms with Crippen LogP contribution in [0.2, 0.25) is 0 Å². The fraction of sp³-hybridized carbons (Fsp3) is 0.500. The van der Waals surface area contributed by atoms with Crippen LogP contribution in [0.3, 0.4) is 0 Å². The van der Waals surface area contributed by atoms with Crippen molar-refractivity contribution in [2.24, 2.45) is 0 Å². The van der Waals surface area contributed by atoms with Crippen LogP contribution in [0.4, 0.5) is 0 Å². The highest BCUT2D eigenvalue weighted by Crippen LogP contribution is 2.22. The molecule has 128 valence electrons. The van der Waals surface area contributed by atoms with Gasteiger partial charge in [-0.15, -0.1) is 10.2 Å². The second kappa shape index (κ2) is 6.10. The molecule has 1 atom stereocenters. The van der Waals surface area contributed by atoms with Crippen LogP contribution in [0.15, 0.2) is 18.3 Å². The third kappa shape index (κ3) is 2.57. The number of amides is 2. The number of carbonyl (C=O) groups excluding carboxylic acids is 2. The van der Waals surface area contributed by atoms with Gasteiger partial charge in [0.25, 0.3) is 5.91 Å². The van der Waals surface area contributed by atoms with Gasteiger partial charge in [-0.3, -0.25) is 9.59 Å². The Morgan fingerprint density at radius 1 is 1.33 bits per heavy atom. The smallest absolute Gasteiger partial charge is 0.271 e. The van der Waals surface area contributed by atoms with Crippen molar-refractivity contribution in [1.82, 2.24) is 29.5 Å². The normalized spacial score (nSPS) is 17.0. The first kappa shape index (κ1) is 16.2. The molecule has 2 amide bonds. The molecule has 0 fully saturated rings. The highest BCUT2D eigenvalue weighted by Gasteiger charge is 2.37. The summed E-state index contributed by atoms with van der Waals surface area (Å²) < 4.78 is 3.80. The Labute approximate surface area is 140 Å². The van der Waals surface area contributed by atoms with E-state index in [9.17, 15) is 9.59 Å². The van der Waals surface area contributed by atoms with Crippen LogP contribution in [0.25, 0.3) is 0 Å². The molecule has 3 rings (SSSR count). The molecule has 0 aromatic carbocycles. The number of likely N-dealkylation sites (N-methyl/N-ethyl adjacent to an activating group) is 1. The van der Waals surface area contributed by atoms with Gasteiger partial charge >= 0.3 is 0 Å². The van der Waals surface area contributed by atoms with Crippen molar-refractivity contribution >= 4 is 11.8 Å². The van der Waals surface area contributed by atoms with Crippen LogP contribution in [0.1, 0.15) is 42.0 Å². The molecule has 1 aliphatic rings. The minimum absolute atomic E-state index is 0.160. The van der Waals surface area contributed by atoms with Crippen LogP contribution in [0, 0.1) is 6.92 Å². The second-order valence-electron chi connectivity index (χ2n) is 6.23. The zero-order valence-corrected chi connectivity index (χ0v) is 14.4. The van der Waals surface area contributed by atoms with Crippen LogP contribution in [-0.4, -0.2) is 49.1 Å². The Balaban J connectivity index is 1.99. The lowest BCUT2D eigenvalue weighted by Crippen LogP contribution is -2.54. The summed E-state index contributed by atoms with van der Waals surface area (Å²) >= 11 is 0. The van der Waals surface area contributed by atoms with Crippen molar-refractivity contribution in [1.29, 1.82) is 0 Å². The van der Waals surface area contributed by atoms with E-state index in [4.69, 9.17) is 0 Å². The first-order chi connectivity index (χ1) is 11.4. The maximum absolute atomic E-state index is 13.1. The molecular formula is C16H22N6O2. The summed E-state index contributed by atoms with van der Waals surface area (Å²) in [7, 11) is 1.58. The van der Waals surface area contributed by atoms with E-state index >= 15 is 0 Å². The minimum Gasteiger partial charge on any atom is -0.357 e. The van der Waals surface area contributed by atoms with Crippen molar-refractivity contribution in [2.75, 3.05) is 7.05 Å². The lowest BCUT2D eigenvalue weighted by Gasteiger charge is -2.35. The van der Waals surface area contributed by atoms with E-state index in [1.165, 1.54) is 0 Å². The van der Waals surface area contributed by atoms with Gasteiger partial charge in [-0.1, -0.05) is 0 Å². The number of rotatable bonds is 3. The molecule has 1 unspecified atom stereocenters. The maximum atomic E-state index is 13.1. The number of aromatic nitrogens is 4. The fourth-order valence-electron chi connectivity index (χ4n) is 3.09. The Morgan fingerprint density at radius 2 is 2.08 bits per heavy atom. The molecular weight excluding hydrogens is 308 g/mol. The van der Waals surface area contributed by atoms with Crippen molar-refractivity contribution < 1.29 is 9.59 Å². The molecule has 2 aromatic heterocycles. The van der Waals surface area contributed by atoms with Crippen LogP contribution in [0.5, 0.6) is 0 Å². The summed E-state index contributed by atoms with van der Waals surface area (Å²) in [5.41, 5.74) is 0.573. The maximum Gasteiger partial charge on any atom is 0.271 e. The summed E-state index contributed by atoms with van der Waals surface area (Å²) in [6.45, 7) is 6.51. The Bertz CT molecular complexity index is 775. The number of hydrogen-bond donors (Lipinski definition) is 1. The van der Waals surface area contributed by atoms with Crippen LogP contribution < -0.4 is 5.32 Å². The molecule has 0 saturated heterocycles. The van der Waals surface area contributed by atoms with E-state index in [-0.39, 0.29) is 24.4 Å². The lowest BCUT2D eigenvalue weighted by atomic mass is 10.1.